The monoisotopic (exact) mass is 383 g/mol. The fraction of sp³-hybridized carbons (Fsp3) is 0.944. The molecular weight excluding hydrogens is 349 g/mol. The van der Waals surface area contributed by atoms with Gasteiger partial charge in [0.25, 0.3) is 0 Å². The van der Waals surface area contributed by atoms with Crippen LogP contribution in [0.3, 0.4) is 0 Å². The molecule has 4 saturated heterocycles. The first kappa shape index (κ1) is 19.5. The van der Waals surface area contributed by atoms with Gasteiger partial charge in [0.05, 0.1) is 18.2 Å². The minimum atomic E-state index is -0.948. The molecule has 27 heavy (non-hydrogen) atoms. The highest BCUT2D eigenvalue weighted by Gasteiger charge is 2.48. The summed E-state index contributed by atoms with van der Waals surface area (Å²) in [6.07, 6.45) is 3.07. The van der Waals surface area contributed by atoms with Crippen molar-refractivity contribution in [3.05, 3.63) is 0 Å². The predicted molar refractivity (Wildman–Crippen MR) is 101 cm³/mol. The van der Waals surface area contributed by atoms with Crippen LogP contribution in [-0.4, -0.2) is 86.2 Å². The maximum absolute atomic E-state index is 13.7. The molecule has 0 radical (unpaired) electrons. The molecular formula is C18H34FN7O. The number of amides is 1. The van der Waals surface area contributed by atoms with Gasteiger partial charge in [0.1, 0.15) is 6.17 Å². The van der Waals surface area contributed by atoms with E-state index in [9.17, 15) is 9.18 Å². The van der Waals surface area contributed by atoms with Crippen molar-refractivity contribution in [2.75, 3.05) is 39.8 Å². The van der Waals surface area contributed by atoms with Crippen molar-refractivity contribution in [3.63, 3.8) is 0 Å². The zero-order valence-corrected chi connectivity index (χ0v) is 16.2. The number of nitrogens with zero attached hydrogens (tertiary/aromatic N) is 2. The molecule has 4 aliphatic heterocycles. The van der Waals surface area contributed by atoms with E-state index < -0.39 is 18.3 Å². The third-order valence-electron chi connectivity index (χ3n) is 6.69. The Labute approximate surface area is 160 Å². The summed E-state index contributed by atoms with van der Waals surface area (Å²) in [7, 11) is 2.11. The van der Waals surface area contributed by atoms with E-state index in [-0.39, 0.29) is 31.2 Å². The Kier molecular flexibility index (Phi) is 5.96. The lowest BCUT2D eigenvalue weighted by Gasteiger charge is -2.43. The van der Waals surface area contributed by atoms with E-state index in [4.69, 9.17) is 5.73 Å². The fourth-order valence-electron chi connectivity index (χ4n) is 5.27. The molecule has 0 spiro atoms. The van der Waals surface area contributed by atoms with Gasteiger partial charge in [-0.05, 0) is 45.3 Å². The molecule has 7 atom stereocenters. The molecule has 4 aliphatic rings. The number of hydrazine groups is 1. The number of nitrogens with one attached hydrogen (secondary N) is 4. The van der Waals surface area contributed by atoms with Gasteiger partial charge in [-0.15, -0.1) is 0 Å². The predicted octanol–water partition coefficient (Wildman–Crippen LogP) is -1.45. The van der Waals surface area contributed by atoms with Crippen LogP contribution in [-0.2, 0) is 4.79 Å². The van der Waals surface area contributed by atoms with Crippen LogP contribution >= 0.6 is 0 Å². The maximum atomic E-state index is 13.7. The van der Waals surface area contributed by atoms with Crippen LogP contribution < -0.4 is 27.1 Å². The first-order chi connectivity index (χ1) is 13.0. The molecule has 7 unspecified atom stereocenters. The van der Waals surface area contributed by atoms with Crippen molar-refractivity contribution in [1.29, 1.82) is 0 Å². The lowest BCUT2D eigenvalue weighted by atomic mass is 9.81. The number of likely N-dealkylation sites (N-methyl/N-ethyl adjacent to an activating group) is 1. The van der Waals surface area contributed by atoms with Crippen LogP contribution in [0.25, 0.3) is 0 Å². The quantitative estimate of drug-likeness (QED) is 0.407. The fourth-order valence-corrected chi connectivity index (χ4v) is 5.27. The summed E-state index contributed by atoms with van der Waals surface area (Å²) in [5, 5.41) is 11.9. The molecule has 0 aromatic carbocycles. The number of fused-ring (bicyclic) bond motifs is 1. The number of nitrogens with two attached hydrogens (primary N) is 1. The summed E-state index contributed by atoms with van der Waals surface area (Å²) >= 11 is 0. The molecule has 6 N–H and O–H groups in total. The molecule has 0 bridgehead atoms. The minimum absolute atomic E-state index is 0.0339. The first-order valence-corrected chi connectivity index (χ1v) is 10.4. The highest BCUT2D eigenvalue weighted by atomic mass is 19.1. The topological polar surface area (TPSA) is 97.7 Å². The van der Waals surface area contributed by atoms with Crippen LogP contribution in [0, 0.1) is 11.8 Å². The van der Waals surface area contributed by atoms with E-state index in [1.165, 1.54) is 19.3 Å². The highest BCUT2D eigenvalue weighted by Crippen LogP contribution is 2.27. The van der Waals surface area contributed by atoms with E-state index >= 15 is 0 Å². The number of piperidine rings is 2. The average Bonchev–Trinajstić information content (AvgIpc) is 2.97. The maximum Gasteiger partial charge on any atom is 0.229 e. The third-order valence-corrected chi connectivity index (χ3v) is 6.69. The second-order valence-electron chi connectivity index (χ2n) is 8.67. The molecule has 154 valence electrons. The lowest BCUT2D eigenvalue weighted by molar-refractivity contribution is -0.128. The van der Waals surface area contributed by atoms with Crippen LogP contribution in [0.1, 0.15) is 25.7 Å². The van der Waals surface area contributed by atoms with Gasteiger partial charge in [-0.1, -0.05) is 6.42 Å². The Bertz CT molecular complexity index is 532. The van der Waals surface area contributed by atoms with Crippen LogP contribution in [0.2, 0.25) is 0 Å². The average molecular weight is 384 g/mol. The van der Waals surface area contributed by atoms with Crippen molar-refractivity contribution in [2.45, 2.75) is 56.3 Å². The molecule has 4 heterocycles. The summed E-state index contributed by atoms with van der Waals surface area (Å²) < 4.78 is 13.7. The van der Waals surface area contributed by atoms with Crippen molar-refractivity contribution in [2.24, 2.45) is 17.6 Å². The molecule has 0 aromatic rings. The number of hydrogen-bond donors (Lipinski definition) is 5. The standard InChI is InChI=1S/C18H34FN7O/c1-25-7-5-12(13-4-2-3-6-21-13)14(10-25)23-18(27)15-16(20)24-26-9-11(19)8-22-17(15)26/h11-17,21-22,24H,2-10,20H2,1H3,(H,23,27). The van der Waals surface area contributed by atoms with Crippen molar-refractivity contribution in [3.8, 4) is 0 Å². The smallest absolute Gasteiger partial charge is 0.229 e. The Morgan fingerprint density at radius 2 is 2.07 bits per heavy atom. The van der Waals surface area contributed by atoms with Gasteiger partial charge >= 0.3 is 0 Å². The molecule has 8 nitrogen and oxygen atoms in total. The number of halogens is 1. The number of likely N-dealkylation sites (tertiary alicyclic amines) is 1. The van der Waals surface area contributed by atoms with E-state index in [0.29, 0.717) is 12.0 Å². The van der Waals surface area contributed by atoms with Crippen LogP contribution in [0.4, 0.5) is 4.39 Å². The zero-order valence-electron chi connectivity index (χ0n) is 16.2. The Morgan fingerprint density at radius 3 is 2.85 bits per heavy atom. The molecule has 0 saturated carbocycles. The van der Waals surface area contributed by atoms with Gasteiger partial charge in [-0.25, -0.2) is 14.8 Å². The summed E-state index contributed by atoms with van der Waals surface area (Å²) in [6, 6.07) is 0.593. The Hall–Kier alpha value is -0.840. The first-order valence-electron chi connectivity index (χ1n) is 10.4. The summed E-state index contributed by atoms with van der Waals surface area (Å²) in [5.74, 6) is -0.0141. The van der Waals surface area contributed by atoms with Gasteiger partial charge in [0.2, 0.25) is 5.91 Å². The molecule has 0 aromatic heterocycles. The summed E-state index contributed by atoms with van der Waals surface area (Å²) in [6.45, 7) is 3.52. The highest BCUT2D eigenvalue weighted by molar-refractivity contribution is 5.80. The van der Waals surface area contributed by atoms with Crippen molar-refractivity contribution >= 4 is 5.91 Å². The summed E-state index contributed by atoms with van der Waals surface area (Å²) in [4.78, 5) is 15.5. The van der Waals surface area contributed by atoms with Crippen LogP contribution in [0.15, 0.2) is 0 Å². The van der Waals surface area contributed by atoms with E-state index in [1.54, 1.807) is 5.01 Å². The third kappa shape index (κ3) is 4.13. The van der Waals surface area contributed by atoms with Gasteiger partial charge in [-0.3, -0.25) is 10.1 Å². The second-order valence-corrected chi connectivity index (χ2v) is 8.67. The summed E-state index contributed by atoms with van der Waals surface area (Å²) in [5.41, 5.74) is 9.26. The van der Waals surface area contributed by atoms with E-state index in [1.807, 2.05) is 0 Å². The number of rotatable bonds is 3. The molecule has 4 rings (SSSR count). The number of hydrogen-bond acceptors (Lipinski definition) is 7. The number of alkyl halides is 1. The SMILES string of the molecule is CN1CCC(C2CCCCN2)C(NC(=O)C2C(N)NN3CC(F)CNC23)C1. The normalized spacial score (nSPS) is 44.0. The van der Waals surface area contributed by atoms with Crippen molar-refractivity contribution < 1.29 is 9.18 Å². The van der Waals surface area contributed by atoms with Gasteiger partial charge in [-0.2, -0.15) is 0 Å². The van der Waals surface area contributed by atoms with Crippen LogP contribution in [0.5, 0.6) is 0 Å². The molecule has 1 amide bonds. The van der Waals surface area contributed by atoms with E-state index in [0.717, 1.165) is 26.1 Å². The van der Waals surface area contributed by atoms with Gasteiger partial charge in [0, 0.05) is 31.7 Å². The molecule has 0 aliphatic carbocycles. The zero-order chi connectivity index (χ0) is 19.0. The number of carbonyl (C=O) groups excluding carboxylic acids is 1. The second kappa shape index (κ2) is 8.26. The Balaban J connectivity index is 1.43. The largest absolute Gasteiger partial charge is 0.351 e. The van der Waals surface area contributed by atoms with Gasteiger partial charge < -0.3 is 21.3 Å². The van der Waals surface area contributed by atoms with Crippen molar-refractivity contribution in [1.82, 2.24) is 31.3 Å². The van der Waals surface area contributed by atoms with E-state index in [2.05, 4.69) is 33.3 Å². The molecule has 4 fully saturated rings. The lowest BCUT2D eigenvalue weighted by Crippen LogP contribution is -2.62. The number of carbonyl (C=O) groups is 1. The minimum Gasteiger partial charge on any atom is -0.351 e. The van der Waals surface area contributed by atoms with Gasteiger partial charge in [0.15, 0.2) is 0 Å². The Morgan fingerprint density at radius 1 is 1.22 bits per heavy atom. The molecule has 9 heteroatoms.